The van der Waals surface area contributed by atoms with Gasteiger partial charge in [-0.15, -0.1) is 0 Å². The van der Waals surface area contributed by atoms with Gasteiger partial charge in [-0.2, -0.15) is 0 Å². The zero-order chi connectivity index (χ0) is 15.4. The summed E-state index contributed by atoms with van der Waals surface area (Å²) >= 11 is 3.29. The lowest BCUT2D eigenvalue weighted by molar-refractivity contribution is 0.267. The predicted octanol–water partition coefficient (Wildman–Crippen LogP) is 3.81. The number of hydrogen-bond acceptors (Lipinski definition) is 3. The maximum atomic E-state index is 13.6. The van der Waals surface area contributed by atoms with Crippen LogP contribution in [0, 0.1) is 11.6 Å². The molecule has 1 N–H and O–H groups in total. The van der Waals surface area contributed by atoms with Crippen molar-refractivity contribution in [1.82, 2.24) is 0 Å². The normalized spacial score (nSPS) is 10.5. The van der Waals surface area contributed by atoms with Gasteiger partial charge in [0.2, 0.25) is 0 Å². The summed E-state index contributed by atoms with van der Waals surface area (Å²) in [6.45, 7) is -0.427. The smallest absolute Gasteiger partial charge is 0.175 e. The lowest BCUT2D eigenvalue weighted by Gasteiger charge is -2.14. The van der Waals surface area contributed by atoms with Crippen LogP contribution in [0.15, 0.2) is 34.8 Å². The monoisotopic (exact) mass is 358 g/mol. The third kappa shape index (κ3) is 3.51. The van der Waals surface area contributed by atoms with Gasteiger partial charge in [0.15, 0.2) is 11.5 Å². The Morgan fingerprint density at radius 1 is 1.19 bits per heavy atom. The van der Waals surface area contributed by atoms with Crippen LogP contribution >= 0.6 is 15.9 Å². The van der Waals surface area contributed by atoms with E-state index in [0.29, 0.717) is 21.5 Å². The first-order valence-corrected chi connectivity index (χ1v) is 6.89. The van der Waals surface area contributed by atoms with Crippen molar-refractivity contribution in [3.63, 3.8) is 0 Å². The second kappa shape index (κ2) is 6.87. The van der Waals surface area contributed by atoms with Gasteiger partial charge < -0.3 is 14.6 Å². The van der Waals surface area contributed by atoms with Crippen LogP contribution in [0.2, 0.25) is 0 Å². The van der Waals surface area contributed by atoms with Crippen LogP contribution in [-0.2, 0) is 13.2 Å². The Balaban J connectivity index is 2.28. The molecule has 3 nitrogen and oxygen atoms in total. The Morgan fingerprint density at radius 3 is 2.43 bits per heavy atom. The van der Waals surface area contributed by atoms with E-state index in [2.05, 4.69) is 15.9 Å². The second-order valence-corrected chi connectivity index (χ2v) is 5.11. The third-order valence-electron chi connectivity index (χ3n) is 2.89. The molecule has 6 heteroatoms. The van der Waals surface area contributed by atoms with Crippen LogP contribution in [0.5, 0.6) is 11.5 Å². The first-order chi connectivity index (χ1) is 10.1. The molecule has 0 radical (unpaired) electrons. The summed E-state index contributed by atoms with van der Waals surface area (Å²) in [5, 5.41) is 9.14. The Hall–Kier alpha value is -1.66. The molecule has 0 aliphatic rings. The molecule has 0 bridgehead atoms. The highest BCUT2D eigenvalue weighted by molar-refractivity contribution is 9.10. The lowest BCUT2D eigenvalue weighted by atomic mass is 10.2. The summed E-state index contributed by atoms with van der Waals surface area (Å²) in [6.07, 6.45) is 0. The third-order valence-corrected chi connectivity index (χ3v) is 3.48. The van der Waals surface area contributed by atoms with Gasteiger partial charge in [-0.1, -0.05) is 6.07 Å². The summed E-state index contributed by atoms with van der Waals surface area (Å²) in [7, 11) is 1.44. The minimum Gasteiger partial charge on any atom is -0.493 e. The number of hydrogen-bond donors (Lipinski definition) is 1. The molecule has 112 valence electrons. The summed E-state index contributed by atoms with van der Waals surface area (Å²) in [4.78, 5) is 0. The summed E-state index contributed by atoms with van der Waals surface area (Å²) < 4.78 is 38.3. The van der Waals surface area contributed by atoms with Crippen molar-refractivity contribution in [2.75, 3.05) is 7.11 Å². The molecule has 0 spiro atoms. The molecule has 0 saturated carbocycles. The maximum absolute atomic E-state index is 13.6. The largest absolute Gasteiger partial charge is 0.493 e. The molecule has 0 aromatic heterocycles. The second-order valence-electron chi connectivity index (χ2n) is 4.26. The van der Waals surface area contributed by atoms with Crippen LogP contribution in [0.1, 0.15) is 11.1 Å². The van der Waals surface area contributed by atoms with Crippen LogP contribution < -0.4 is 9.47 Å². The number of methoxy groups -OCH3 is 1. The molecule has 0 atom stereocenters. The van der Waals surface area contributed by atoms with Crippen molar-refractivity contribution in [3.8, 4) is 11.5 Å². The molecule has 0 amide bonds. The van der Waals surface area contributed by atoms with Crippen LogP contribution in [0.4, 0.5) is 8.78 Å². The van der Waals surface area contributed by atoms with Crippen molar-refractivity contribution in [3.05, 3.63) is 57.6 Å². The average Bonchev–Trinajstić information content (AvgIpc) is 2.47. The molecule has 2 aromatic carbocycles. The summed E-state index contributed by atoms with van der Waals surface area (Å²) in [6, 6.07) is 6.87. The summed E-state index contributed by atoms with van der Waals surface area (Å²) in [5.74, 6) is -0.656. The molecule has 2 aromatic rings. The predicted molar refractivity (Wildman–Crippen MR) is 77.3 cm³/mol. The number of benzene rings is 2. The Morgan fingerprint density at radius 2 is 1.86 bits per heavy atom. The van der Waals surface area contributed by atoms with E-state index < -0.39 is 11.6 Å². The van der Waals surface area contributed by atoms with E-state index in [0.717, 1.165) is 0 Å². The number of ether oxygens (including phenoxy) is 2. The molecule has 0 aliphatic carbocycles. The zero-order valence-corrected chi connectivity index (χ0v) is 12.8. The highest BCUT2D eigenvalue weighted by atomic mass is 79.9. The van der Waals surface area contributed by atoms with Gasteiger partial charge in [0, 0.05) is 0 Å². The van der Waals surface area contributed by atoms with E-state index in [1.807, 2.05) is 0 Å². The van der Waals surface area contributed by atoms with Gasteiger partial charge in [-0.05, 0) is 45.8 Å². The number of rotatable bonds is 5. The first-order valence-electron chi connectivity index (χ1n) is 6.09. The first kappa shape index (κ1) is 15.7. The van der Waals surface area contributed by atoms with E-state index in [4.69, 9.17) is 14.6 Å². The quantitative estimate of drug-likeness (QED) is 0.883. The van der Waals surface area contributed by atoms with E-state index in [-0.39, 0.29) is 18.8 Å². The molecule has 0 saturated heterocycles. The van der Waals surface area contributed by atoms with Crippen molar-refractivity contribution in [1.29, 1.82) is 0 Å². The molecular formula is C15H13BrF2O3. The van der Waals surface area contributed by atoms with Gasteiger partial charge >= 0.3 is 0 Å². The van der Waals surface area contributed by atoms with E-state index in [1.165, 1.54) is 25.3 Å². The van der Waals surface area contributed by atoms with Crippen molar-refractivity contribution in [2.45, 2.75) is 13.2 Å². The Bertz CT molecular complexity index is 627. The minimum atomic E-state index is -0.669. The van der Waals surface area contributed by atoms with Crippen LogP contribution in [-0.4, -0.2) is 12.2 Å². The van der Waals surface area contributed by atoms with Gasteiger partial charge in [-0.3, -0.25) is 0 Å². The SMILES string of the molecule is COc1cc(CO)cc(Br)c1OCc1c(F)cccc1F. The van der Waals surface area contributed by atoms with Crippen molar-refractivity contribution in [2.24, 2.45) is 0 Å². The maximum Gasteiger partial charge on any atom is 0.175 e. The van der Waals surface area contributed by atoms with Gasteiger partial charge in [0.05, 0.1) is 23.8 Å². The molecular weight excluding hydrogens is 346 g/mol. The standard InChI is InChI=1S/C15H13BrF2O3/c1-20-14-6-9(7-19)5-11(16)15(14)21-8-10-12(17)3-2-4-13(10)18/h2-6,19H,7-8H2,1H3. The molecule has 2 rings (SSSR count). The topological polar surface area (TPSA) is 38.7 Å². The highest BCUT2D eigenvalue weighted by Crippen LogP contribution is 2.37. The molecule has 21 heavy (non-hydrogen) atoms. The van der Waals surface area contributed by atoms with Crippen molar-refractivity contribution < 1.29 is 23.4 Å². The minimum absolute atomic E-state index is 0.155. The van der Waals surface area contributed by atoms with Gasteiger partial charge in [-0.25, -0.2) is 8.78 Å². The van der Waals surface area contributed by atoms with Gasteiger partial charge in [0.1, 0.15) is 18.2 Å². The molecule has 0 unspecified atom stereocenters. The van der Waals surface area contributed by atoms with E-state index in [9.17, 15) is 8.78 Å². The zero-order valence-electron chi connectivity index (χ0n) is 11.2. The van der Waals surface area contributed by atoms with Gasteiger partial charge in [0.25, 0.3) is 0 Å². The highest BCUT2D eigenvalue weighted by Gasteiger charge is 2.14. The Labute approximate surface area is 129 Å². The molecule has 0 aliphatic heterocycles. The van der Waals surface area contributed by atoms with E-state index >= 15 is 0 Å². The summed E-state index contributed by atoms with van der Waals surface area (Å²) in [5.41, 5.74) is 0.473. The van der Waals surface area contributed by atoms with Crippen molar-refractivity contribution >= 4 is 15.9 Å². The number of halogens is 3. The van der Waals surface area contributed by atoms with E-state index in [1.54, 1.807) is 12.1 Å². The number of aliphatic hydroxyl groups excluding tert-OH is 1. The Kier molecular flexibility index (Phi) is 5.14. The van der Waals surface area contributed by atoms with Crippen LogP contribution in [0.25, 0.3) is 0 Å². The fourth-order valence-corrected chi connectivity index (χ4v) is 2.42. The van der Waals surface area contributed by atoms with Crippen LogP contribution in [0.3, 0.4) is 0 Å². The fourth-order valence-electron chi connectivity index (χ4n) is 1.82. The fraction of sp³-hybridized carbons (Fsp3) is 0.200. The molecule has 0 heterocycles. The molecule has 0 fully saturated rings. The average molecular weight is 359 g/mol. The lowest BCUT2D eigenvalue weighted by Crippen LogP contribution is -2.04. The number of aliphatic hydroxyl groups is 1.